The van der Waals surface area contributed by atoms with Gasteiger partial charge in [-0.05, 0) is 47.1 Å². The molecule has 0 radical (unpaired) electrons. The first-order chi connectivity index (χ1) is 7.13. The van der Waals surface area contributed by atoms with Gasteiger partial charge in [0, 0.05) is 15.4 Å². The van der Waals surface area contributed by atoms with E-state index in [2.05, 4.69) is 37.2 Å². The Bertz CT molecular complexity index is 355. The maximum absolute atomic E-state index is 11.4. The van der Waals surface area contributed by atoms with E-state index in [1.54, 1.807) is 0 Å². The van der Waals surface area contributed by atoms with Crippen molar-refractivity contribution in [3.05, 3.63) is 27.1 Å². The highest BCUT2D eigenvalue weighted by Crippen LogP contribution is 2.26. The van der Waals surface area contributed by atoms with Crippen LogP contribution in [0.4, 0.5) is 5.69 Å². The number of anilines is 1. The molecule has 0 spiro atoms. The number of hydrogen-bond donors (Lipinski definition) is 2. The number of nitrogens with two attached hydrogens (primary N) is 1. The third kappa shape index (κ3) is 4.32. The fourth-order valence-electron chi connectivity index (χ4n) is 1.07. The Morgan fingerprint density at radius 3 is 2.73 bits per heavy atom. The van der Waals surface area contributed by atoms with Gasteiger partial charge in [0.05, 0.1) is 5.69 Å². The van der Waals surface area contributed by atoms with Gasteiger partial charge in [-0.25, -0.2) is 0 Å². The molecular weight excluding hydrogens is 324 g/mol. The maximum Gasteiger partial charge on any atom is 0.224 e. The molecule has 1 aromatic rings. The lowest BCUT2D eigenvalue weighted by Gasteiger charge is -2.07. The number of carbonyl (C=O) groups excluding carboxylic acids is 1. The number of hydrogen-bond acceptors (Lipinski definition) is 2. The normalized spacial score (nSPS) is 10.1. The zero-order chi connectivity index (χ0) is 11.3. The number of halogens is 2. The lowest BCUT2D eigenvalue weighted by molar-refractivity contribution is -0.116. The van der Waals surface area contributed by atoms with Crippen LogP contribution >= 0.6 is 31.9 Å². The highest BCUT2D eigenvalue weighted by atomic mass is 79.9. The van der Waals surface area contributed by atoms with E-state index >= 15 is 0 Å². The predicted molar refractivity (Wildman–Crippen MR) is 68.8 cm³/mol. The number of amides is 1. The Kier molecular flexibility index (Phi) is 5.28. The SMILES string of the molecule is NCCCC(=O)Nc1ccc(Br)cc1Br. The number of nitrogens with one attached hydrogen (secondary N) is 1. The van der Waals surface area contributed by atoms with Gasteiger partial charge in [0.25, 0.3) is 0 Å². The van der Waals surface area contributed by atoms with Gasteiger partial charge in [-0.3, -0.25) is 4.79 Å². The predicted octanol–water partition coefficient (Wildman–Crippen LogP) is 2.89. The van der Waals surface area contributed by atoms with Crippen LogP contribution in [-0.4, -0.2) is 12.5 Å². The summed E-state index contributed by atoms with van der Waals surface area (Å²) in [6.45, 7) is 0.537. The van der Waals surface area contributed by atoms with Gasteiger partial charge in [-0.2, -0.15) is 0 Å². The second-order valence-electron chi connectivity index (χ2n) is 3.06. The first-order valence-electron chi connectivity index (χ1n) is 4.58. The molecule has 0 aliphatic carbocycles. The Morgan fingerprint density at radius 1 is 1.40 bits per heavy atom. The summed E-state index contributed by atoms with van der Waals surface area (Å²) < 4.78 is 1.83. The molecule has 82 valence electrons. The molecule has 3 nitrogen and oxygen atoms in total. The van der Waals surface area contributed by atoms with Crippen molar-refractivity contribution in [3.63, 3.8) is 0 Å². The average molecular weight is 336 g/mol. The molecule has 15 heavy (non-hydrogen) atoms. The van der Waals surface area contributed by atoms with Crippen LogP contribution in [0, 0.1) is 0 Å². The van der Waals surface area contributed by atoms with Crippen molar-refractivity contribution < 1.29 is 4.79 Å². The van der Waals surface area contributed by atoms with Crippen molar-refractivity contribution in [2.24, 2.45) is 5.73 Å². The van der Waals surface area contributed by atoms with Crippen LogP contribution in [-0.2, 0) is 4.79 Å². The molecule has 0 aliphatic rings. The molecule has 0 aromatic heterocycles. The van der Waals surface area contributed by atoms with Crippen LogP contribution in [0.15, 0.2) is 27.1 Å². The Morgan fingerprint density at radius 2 is 2.13 bits per heavy atom. The molecular formula is C10H12Br2N2O. The topological polar surface area (TPSA) is 55.1 Å². The van der Waals surface area contributed by atoms with Gasteiger partial charge in [0.2, 0.25) is 5.91 Å². The van der Waals surface area contributed by atoms with E-state index in [0.29, 0.717) is 19.4 Å². The summed E-state index contributed by atoms with van der Waals surface area (Å²) in [5.74, 6) is -0.0107. The van der Waals surface area contributed by atoms with Gasteiger partial charge in [0.1, 0.15) is 0 Å². The first kappa shape index (κ1) is 12.7. The Balaban J connectivity index is 2.60. The van der Waals surface area contributed by atoms with Gasteiger partial charge in [-0.15, -0.1) is 0 Å². The van der Waals surface area contributed by atoms with E-state index in [1.165, 1.54) is 0 Å². The van der Waals surface area contributed by atoms with Crippen LogP contribution in [0.5, 0.6) is 0 Å². The summed E-state index contributed by atoms with van der Waals surface area (Å²) in [7, 11) is 0. The second-order valence-corrected chi connectivity index (χ2v) is 4.83. The largest absolute Gasteiger partial charge is 0.330 e. The van der Waals surface area contributed by atoms with E-state index < -0.39 is 0 Å². The molecule has 1 rings (SSSR count). The van der Waals surface area contributed by atoms with Crippen LogP contribution in [0.1, 0.15) is 12.8 Å². The molecule has 1 amide bonds. The van der Waals surface area contributed by atoms with Gasteiger partial charge in [-0.1, -0.05) is 15.9 Å². The third-order valence-electron chi connectivity index (χ3n) is 1.81. The summed E-state index contributed by atoms with van der Waals surface area (Å²) in [5, 5.41) is 2.81. The first-order valence-corrected chi connectivity index (χ1v) is 6.17. The second kappa shape index (κ2) is 6.25. The summed E-state index contributed by atoms with van der Waals surface area (Å²) in [4.78, 5) is 11.4. The maximum atomic E-state index is 11.4. The molecule has 0 unspecified atom stereocenters. The highest BCUT2D eigenvalue weighted by molar-refractivity contribution is 9.11. The standard InChI is InChI=1S/C10H12Br2N2O/c11-7-3-4-9(8(12)6-7)14-10(15)2-1-5-13/h3-4,6H,1-2,5,13H2,(H,14,15). The molecule has 3 N–H and O–H groups in total. The van der Waals surface area contributed by atoms with Crippen molar-refractivity contribution in [2.75, 3.05) is 11.9 Å². The number of carbonyl (C=O) groups is 1. The summed E-state index contributed by atoms with van der Waals surface area (Å²) in [6.07, 6.45) is 1.17. The van der Waals surface area contributed by atoms with Crippen LogP contribution in [0.25, 0.3) is 0 Å². The molecule has 0 atom stereocenters. The third-order valence-corrected chi connectivity index (χ3v) is 2.96. The van der Waals surface area contributed by atoms with Crippen molar-refractivity contribution >= 4 is 43.5 Å². The molecule has 5 heteroatoms. The molecule has 0 heterocycles. The van der Waals surface area contributed by atoms with Crippen molar-refractivity contribution in [1.82, 2.24) is 0 Å². The van der Waals surface area contributed by atoms with Crippen molar-refractivity contribution in [1.29, 1.82) is 0 Å². The molecule has 0 saturated heterocycles. The Labute approximate surface area is 106 Å². The highest BCUT2D eigenvalue weighted by Gasteiger charge is 2.04. The van der Waals surface area contributed by atoms with Gasteiger partial charge in [0.15, 0.2) is 0 Å². The lowest BCUT2D eigenvalue weighted by atomic mass is 10.2. The van der Waals surface area contributed by atoms with E-state index in [1.807, 2.05) is 18.2 Å². The van der Waals surface area contributed by atoms with Crippen LogP contribution < -0.4 is 11.1 Å². The summed E-state index contributed by atoms with van der Waals surface area (Å²) in [6, 6.07) is 5.61. The van der Waals surface area contributed by atoms with E-state index in [0.717, 1.165) is 14.6 Å². The number of benzene rings is 1. The number of rotatable bonds is 4. The summed E-state index contributed by atoms with van der Waals surface area (Å²) >= 11 is 6.72. The fourth-order valence-corrected chi connectivity index (χ4v) is 2.21. The van der Waals surface area contributed by atoms with Crippen LogP contribution in [0.3, 0.4) is 0 Å². The molecule has 0 bridgehead atoms. The minimum Gasteiger partial charge on any atom is -0.330 e. The minimum atomic E-state index is -0.0107. The fraction of sp³-hybridized carbons (Fsp3) is 0.300. The lowest BCUT2D eigenvalue weighted by Crippen LogP contribution is -2.13. The monoisotopic (exact) mass is 334 g/mol. The molecule has 0 aliphatic heterocycles. The quantitative estimate of drug-likeness (QED) is 0.888. The minimum absolute atomic E-state index is 0.0107. The van der Waals surface area contributed by atoms with Crippen molar-refractivity contribution in [3.8, 4) is 0 Å². The molecule has 1 aromatic carbocycles. The molecule has 0 saturated carbocycles. The zero-order valence-electron chi connectivity index (χ0n) is 8.09. The Hall–Kier alpha value is -0.390. The van der Waals surface area contributed by atoms with Crippen molar-refractivity contribution in [2.45, 2.75) is 12.8 Å². The van der Waals surface area contributed by atoms with E-state index in [4.69, 9.17) is 5.73 Å². The smallest absolute Gasteiger partial charge is 0.224 e. The summed E-state index contributed by atoms with van der Waals surface area (Å²) in [5.41, 5.74) is 6.10. The van der Waals surface area contributed by atoms with E-state index in [9.17, 15) is 4.79 Å². The van der Waals surface area contributed by atoms with Crippen LogP contribution in [0.2, 0.25) is 0 Å². The van der Waals surface area contributed by atoms with E-state index in [-0.39, 0.29) is 5.91 Å². The average Bonchev–Trinajstić information content (AvgIpc) is 2.19. The zero-order valence-corrected chi connectivity index (χ0v) is 11.3. The van der Waals surface area contributed by atoms with Gasteiger partial charge >= 0.3 is 0 Å². The van der Waals surface area contributed by atoms with Gasteiger partial charge < -0.3 is 11.1 Å². The molecule has 0 fully saturated rings.